The molecule has 1 N–H and O–H groups in total. The molecule has 1 amide bonds. The lowest BCUT2D eigenvalue weighted by atomic mass is 9.58. The molecule has 1 aliphatic heterocycles. The van der Waals surface area contributed by atoms with E-state index in [0.717, 1.165) is 23.1 Å². The van der Waals surface area contributed by atoms with E-state index in [1.54, 1.807) is 24.3 Å². The van der Waals surface area contributed by atoms with Crippen molar-refractivity contribution in [2.75, 3.05) is 11.9 Å². The lowest BCUT2D eigenvalue weighted by Crippen LogP contribution is -2.45. The fraction of sp³-hybridized carbons (Fsp3) is 0.214. The van der Waals surface area contributed by atoms with Crippen molar-refractivity contribution in [1.29, 1.82) is 0 Å². The van der Waals surface area contributed by atoms with Crippen molar-refractivity contribution < 1.29 is 14.3 Å². The zero-order chi connectivity index (χ0) is 23.9. The molecule has 1 heterocycles. The van der Waals surface area contributed by atoms with Gasteiger partial charge in [0, 0.05) is 28.1 Å². The predicted octanol–water partition coefficient (Wildman–Crippen LogP) is 6.81. The summed E-state index contributed by atoms with van der Waals surface area (Å²) < 4.78 is 5.86. The van der Waals surface area contributed by atoms with Crippen molar-refractivity contribution in [3.8, 4) is 5.75 Å². The molecule has 6 heteroatoms. The van der Waals surface area contributed by atoms with Gasteiger partial charge in [0.05, 0.1) is 6.61 Å². The number of halogens is 2. The summed E-state index contributed by atoms with van der Waals surface area (Å²) >= 11 is 12.6. The van der Waals surface area contributed by atoms with Gasteiger partial charge in [-0.25, -0.2) is 0 Å². The second-order valence-corrected chi connectivity index (χ2v) is 9.54. The van der Waals surface area contributed by atoms with Gasteiger partial charge in [-0.1, -0.05) is 60.5 Å². The van der Waals surface area contributed by atoms with Crippen molar-refractivity contribution in [3.63, 3.8) is 0 Å². The number of ketones is 1. The maximum Gasteiger partial charge on any atom is 0.240 e. The lowest BCUT2D eigenvalue weighted by Gasteiger charge is -2.41. The minimum absolute atomic E-state index is 0.0410. The number of rotatable bonds is 5. The number of amides is 1. The molecule has 1 aliphatic carbocycles. The Bertz CT molecular complexity index is 1330. The van der Waals surface area contributed by atoms with Gasteiger partial charge >= 0.3 is 0 Å². The van der Waals surface area contributed by atoms with Crippen LogP contribution in [0, 0.1) is 0 Å². The molecule has 1 spiro atoms. The molecule has 0 radical (unpaired) electrons. The molecule has 0 fully saturated rings. The average molecular weight is 492 g/mol. The van der Waals surface area contributed by atoms with Crippen LogP contribution in [0.25, 0.3) is 5.57 Å². The SMILES string of the molecule is CCCOc1cccc(C2=CC(=O)C[C@@H](c3cccc(Cl)c3)[C@]23C(=O)Nc2cc(Cl)ccc23)c1. The van der Waals surface area contributed by atoms with Gasteiger partial charge in [-0.05, 0) is 71.2 Å². The number of allylic oxidation sites excluding steroid dienone is 1. The highest BCUT2D eigenvalue weighted by Gasteiger charge is 2.57. The van der Waals surface area contributed by atoms with Gasteiger partial charge < -0.3 is 10.1 Å². The van der Waals surface area contributed by atoms with Crippen molar-refractivity contribution in [2.24, 2.45) is 0 Å². The predicted molar refractivity (Wildman–Crippen MR) is 136 cm³/mol. The number of anilines is 1. The van der Waals surface area contributed by atoms with Crippen LogP contribution in [0.5, 0.6) is 5.75 Å². The van der Waals surface area contributed by atoms with E-state index in [2.05, 4.69) is 5.32 Å². The number of carbonyl (C=O) groups excluding carboxylic acids is 2. The van der Waals surface area contributed by atoms with Crippen LogP contribution in [0.15, 0.2) is 72.8 Å². The second-order valence-electron chi connectivity index (χ2n) is 8.66. The van der Waals surface area contributed by atoms with Gasteiger partial charge in [-0.3, -0.25) is 9.59 Å². The van der Waals surface area contributed by atoms with Crippen LogP contribution in [0.1, 0.15) is 42.4 Å². The zero-order valence-corrected chi connectivity index (χ0v) is 20.1. The number of carbonyl (C=O) groups is 2. The van der Waals surface area contributed by atoms with Gasteiger partial charge in [0.25, 0.3) is 0 Å². The first kappa shape index (κ1) is 22.7. The summed E-state index contributed by atoms with van der Waals surface area (Å²) in [4.78, 5) is 27.1. The third kappa shape index (κ3) is 3.71. The Labute approximate surface area is 208 Å². The van der Waals surface area contributed by atoms with Gasteiger partial charge in [0.1, 0.15) is 11.2 Å². The molecule has 0 unspecified atom stereocenters. The molecule has 5 rings (SSSR count). The number of ether oxygens (including phenoxy) is 1. The van der Waals surface area contributed by atoms with Crippen LogP contribution < -0.4 is 10.1 Å². The molecule has 0 aromatic heterocycles. The largest absolute Gasteiger partial charge is 0.494 e. The summed E-state index contributed by atoms with van der Waals surface area (Å²) in [5.74, 6) is 0.0258. The number of hydrogen-bond donors (Lipinski definition) is 1. The normalized spacial score (nSPS) is 21.3. The van der Waals surface area contributed by atoms with Crippen LogP contribution in [-0.4, -0.2) is 18.3 Å². The van der Waals surface area contributed by atoms with Crippen LogP contribution in [0.4, 0.5) is 5.69 Å². The minimum Gasteiger partial charge on any atom is -0.494 e. The van der Waals surface area contributed by atoms with Crippen LogP contribution >= 0.6 is 23.2 Å². The monoisotopic (exact) mass is 491 g/mol. The average Bonchev–Trinajstić information content (AvgIpc) is 3.10. The second kappa shape index (κ2) is 8.94. The third-order valence-electron chi connectivity index (χ3n) is 6.54. The first-order valence-electron chi connectivity index (χ1n) is 11.3. The molecular weight excluding hydrogens is 469 g/mol. The van der Waals surface area contributed by atoms with E-state index < -0.39 is 11.3 Å². The summed E-state index contributed by atoms with van der Waals surface area (Å²) in [6.45, 7) is 2.63. The fourth-order valence-electron chi connectivity index (χ4n) is 5.17. The zero-order valence-electron chi connectivity index (χ0n) is 18.6. The summed E-state index contributed by atoms with van der Waals surface area (Å²) in [6, 6.07) is 20.4. The molecule has 3 aromatic rings. The molecule has 34 heavy (non-hydrogen) atoms. The Morgan fingerprint density at radius 3 is 2.59 bits per heavy atom. The Hall–Kier alpha value is -3.08. The molecule has 4 nitrogen and oxygen atoms in total. The fourth-order valence-corrected chi connectivity index (χ4v) is 5.54. The highest BCUT2D eigenvalue weighted by molar-refractivity contribution is 6.31. The van der Waals surface area contributed by atoms with E-state index in [0.29, 0.717) is 33.7 Å². The maximum atomic E-state index is 14.0. The molecule has 0 saturated carbocycles. The Kier molecular flexibility index (Phi) is 5.97. The summed E-state index contributed by atoms with van der Waals surface area (Å²) in [5, 5.41) is 4.12. The smallest absolute Gasteiger partial charge is 0.240 e. The first-order chi connectivity index (χ1) is 16.4. The molecule has 2 aliphatic rings. The van der Waals surface area contributed by atoms with Crippen molar-refractivity contribution in [3.05, 3.63) is 99.5 Å². The van der Waals surface area contributed by atoms with Crippen LogP contribution in [0.3, 0.4) is 0 Å². The number of fused-ring (bicyclic) bond motifs is 2. The third-order valence-corrected chi connectivity index (χ3v) is 7.01. The van der Waals surface area contributed by atoms with E-state index in [4.69, 9.17) is 27.9 Å². The first-order valence-corrected chi connectivity index (χ1v) is 12.0. The maximum absolute atomic E-state index is 14.0. The van der Waals surface area contributed by atoms with Crippen LogP contribution in [0.2, 0.25) is 10.0 Å². The highest BCUT2D eigenvalue weighted by atomic mass is 35.5. The van der Waals surface area contributed by atoms with E-state index in [9.17, 15) is 9.59 Å². The van der Waals surface area contributed by atoms with Crippen molar-refractivity contribution in [2.45, 2.75) is 31.1 Å². The highest BCUT2D eigenvalue weighted by Crippen LogP contribution is 2.58. The minimum atomic E-state index is -1.12. The molecule has 3 aromatic carbocycles. The number of hydrogen-bond acceptors (Lipinski definition) is 3. The van der Waals surface area contributed by atoms with E-state index in [-0.39, 0.29) is 18.1 Å². The quantitative estimate of drug-likeness (QED) is 0.426. The number of benzene rings is 3. The van der Waals surface area contributed by atoms with E-state index in [1.807, 2.05) is 55.5 Å². The summed E-state index contributed by atoms with van der Waals surface area (Å²) in [7, 11) is 0. The van der Waals surface area contributed by atoms with Gasteiger partial charge in [-0.2, -0.15) is 0 Å². The molecular formula is C28H23Cl2NO3. The van der Waals surface area contributed by atoms with Gasteiger partial charge in [0.2, 0.25) is 5.91 Å². The molecule has 172 valence electrons. The molecule has 0 saturated heterocycles. The van der Waals surface area contributed by atoms with Crippen LogP contribution in [-0.2, 0) is 15.0 Å². The van der Waals surface area contributed by atoms with E-state index >= 15 is 0 Å². The van der Waals surface area contributed by atoms with Crippen molar-refractivity contribution in [1.82, 2.24) is 0 Å². The molecule has 0 bridgehead atoms. The van der Waals surface area contributed by atoms with Gasteiger partial charge in [0.15, 0.2) is 5.78 Å². The Balaban J connectivity index is 1.77. The Morgan fingerprint density at radius 2 is 1.79 bits per heavy atom. The number of nitrogens with one attached hydrogen (secondary N) is 1. The van der Waals surface area contributed by atoms with E-state index in [1.165, 1.54) is 0 Å². The summed E-state index contributed by atoms with van der Waals surface area (Å²) in [5.41, 5.74) is 2.58. The lowest BCUT2D eigenvalue weighted by molar-refractivity contribution is -0.121. The molecule has 2 atom stereocenters. The standard InChI is InChI=1S/C28H23Cl2NO3/c1-2-11-34-22-8-4-6-18(13-22)25-16-21(32)15-24(17-5-3-7-19(29)12-17)28(25)23-10-9-20(30)14-26(23)31-27(28)33/h3-10,12-14,16,24H,2,11,15H2,1H3,(H,31,33)/t24-,28-/m0/s1. The van der Waals surface area contributed by atoms with Gasteiger partial charge in [-0.15, -0.1) is 0 Å². The van der Waals surface area contributed by atoms with Crippen molar-refractivity contribution >= 4 is 46.2 Å². The topological polar surface area (TPSA) is 55.4 Å². The summed E-state index contributed by atoms with van der Waals surface area (Å²) in [6.07, 6.45) is 2.68. The Morgan fingerprint density at radius 1 is 1.00 bits per heavy atom.